The summed E-state index contributed by atoms with van der Waals surface area (Å²) in [5.41, 5.74) is 10.2. The largest absolute Gasteiger partial charge is 0.334 e. The highest BCUT2D eigenvalue weighted by molar-refractivity contribution is 5.77. The van der Waals surface area contributed by atoms with Gasteiger partial charge in [-0.1, -0.05) is 32.0 Å². The zero-order valence-corrected chi connectivity index (χ0v) is 13.7. The molecule has 21 heavy (non-hydrogen) atoms. The number of rotatable bonds is 3. The van der Waals surface area contributed by atoms with Crippen LogP contribution in [0.25, 0.3) is 0 Å². The van der Waals surface area contributed by atoms with Crippen LogP contribution in [0.1, 0.15) is 55.8 Å². The fourth-order valence-electron chi connectivity index (χ4n) is 3.45. The Hall–Kier alpha value is -1.35. The summed E-state index contributed by atoms with van der Waals surface area (Å²) in [5, 5.41) is 0. The van der Waals surface area contributed by atoms with Crippen molar-refractivity contribution in [2.45, 2.75) is 59.0 Å². The third-order valence-electron chi connectivity index (χ3n) is 4.39. The molecule has 1 heterocycles. The molecule has 0 radical (unpaired) electrons. The number of nitrogens with two attached hydrogens (primary N) is 1. The molecule has 1 aromatic rings. The van der Waals surface area contributed by atoms with Crippen LogP contribution in [0.5, 0.6) is 0 Å². The number of carbonyl (C=O) groups is 1. The van der Waals surface area contributed by atoms with E-state index in [0.717, 1.165) is 19.4 Å². The Bertz CT molecular complexity index is 490. The van der Waals surface area contributed by atoms with E-state index in [2.05, 4.69) is 45.9 Å². The number of hydrogen-bond acceptors (Lipinski definition) is 2. The fraction of sp³-hybridized carbons (Fsp3) is 0.611. The van der Waals surface area contributed by atoms with Crippen molar-refractivity contribution >= 4 is 5.91 Å². The lowest BCUT2D eigenvalue weighted by Crippen LogP contribution is -2.44. The van der Waals surface area contributed by atoms with Crippen LogP contribution in [0.4, 0.5) is 0 Å². The first kappa shape index (κ1) is 16.0. The zero-order chi connectivity index (χ0) is 15.6. The van der Waals surface area contributed by atoms with Crippen molar-refractivity contribution in [3.8, 4) is 0 Å². The van der Waals surface area contributed by atoms with Crippen LogP contribution in [-0.4, -0.2) is 23.4 Å². The maximum absolute atomic E-state index is 12.6. The van der Waals surface area contributed by atoms with Crippen LogP contribution in [0.3, 0.4) is 0 Å². The highest BCUT2D eigenvalue weighted by atomic mass is 16.2. The highest BCUT2D eigenvalue weighted by Crippen LogP contribution is 2.34. The lowest BCUT2D eigenvalue weighted by Gasteiger charge is -2.37. The van der Waals surface area contributed by atoms with Gasteiger partial charge in [-0.15, -0.1) is 0 Å². The Morgan fingerprint density at radius 3 is 2.48 bits per heavy atom. The molecule has 0 saturated carbocycles. The maximum Gasteiger partial charge on any atom is 0.223 e. The topological polar surface area (TPSA) is 46.3 Å². The van der Waals surface area contributed by atoms with E-state index in [9.17, 15) is 4.79 Å². The normalized spacial score (nSPS) is 23.5. The Kier molecular flexibility index (Phi) is 5.04. The van der Waals surface area contributed by atoms with Gasteiger partial charge in [-0.3, -0.25) is 4.79 Å². The smallest absolute Gasteiger partial charge is 0.223 e. The third-order valence-corrected chi connectivity index (χ3v) is 4.39. The molecule has 116 valence electrons. The molecule has 2 rings (SSSR count). The van der Waals surface area contributed by atoms with Gasteiger partial charge in [0.05, 0.1) is 6.04 Å². The first-order valence-electron chi connectivity index (χ1n) is 8.03. The summed E-state index contributed by atoms with van der Waals surface area (Å²) in [7, 11) is 0. The van der Waals surface area contributed by atoms with E-state index in [1.165, 1.54) is 16.7 Å². The lowest BCUT2D eigenvalue weighted by molar-refractivity contribution is -0.133. The Labute approximate surface area is 128 Å². The quantitative estimate of drug-likeness (QED) is 0.927. The predicted octanol–water partition coefficient (Wildman–Crippen LogP) is 3.34. The molecule has 0 spiro atoms. The van der Waals surface area contributed by atoms with Crippen molar-refractivity contribution in [3.63, 3.8) is 0 Å². The van der Waals surface area contributed by atoms with Crippen LogP contribution in [0, 0.1) is 19.8 Å². The van der Waals surface area contributed by atoms with Crippen molar-refractivity contribution in [1.29, 1.82) is 0 Å². The van der Waals surface area contributed by atoms with Gasteiger partial charge in [-0.25, -0.2) is 0 Å². The van der Waals surface area contributed by atoms with E-state index in [-0.39, 0.29) is 18.0 Å². The fourth-order valence-corrected chi connectivity index (χ4v) is 3.45. The van der Waals surface area contributed by atoms with E-state index >= 15 is 0 Å². The first-order chi connectivity index (χ1) is 9.91. The van der Waals surface area contributed by atoms with Crippen LogP contribution in [0.15, 0.2) is 18.2 Å². The van der Waals surface area contributed by atoms with Crippen molar-refractivity contribution < 1.29 is 4.79 Å². The monoisotopic (exact) mass is 288 g/mol. The number of carbonyl (C=O) groups excluding carboxylic acids is 1. The SMILES string of the molecule is Cc1cccc(C)c1C1C(N)CCCC(=O)N1CC(C)C. The molecule has 0 bridgehead atoms. The lowest BCUT2D eigenvalue weighted by atomic mass is 9.89. The number of hydrogen-bond donors (Lipinski definition) is 1. The molecule has 1 fully saturated rings. The van der Waals surface area contributed by atoms with Gasteiger partial charge in [0.2, 0.25) is 5.91 Å². The third kappa shape index (κ3) is 3.46. The van der Waals surface area contributed by atoms with E-state index in [1.807, 2.05) is 4.90 Å². The summed E-state index contributed by atoms with van der Waals surface area (Å²) in [4.78, 5) is 14.6. The minimum Gasteiger partial charge on any atom is -0.334 e. The molecule has 0 aromatic heterocycles. The van der Waals surface area contributed by atoms with Crippen molar-refractivity contribution in [3.05, 3.63) is 34.9 Å². The molecule has 1 aliphatic heterocycles. The van der Waals surface area contributed by atoms with E-state index < -0.39 is 0 Å². The minimum absolute atomic E-state index is 0.0172. The van der Waals surface area contributed by atoms with Crippen LogP contribution < -0.4 is 5.73 Å². The molecule has 1 amide bonds. The van der Waals surface area contributed by atoms with E-state index in [4.69, 9.17) is 5.73 Å². The summed E-state index contributed by atoms with van der Waals surface area (Å²) < 4.78 is 0. The molecule has 1 saturated heterocycles. The second-order valence-electron chi connectivity index (χ2n) is 6.75. The van der Waals surface area contributed by atoms with Gasteiger partial charge < -0.3 is 10.6 Å². The molecule has 0 aliphatic carbocycles. The molecule has 3 heteroatoms. The Morgan fingerprint density at radius 2 is 1.90 bits per heavy atom. The molecule has 2 N–H and O–H groups in total. The average molecular weight is 288 g/mol. The molecule has 2 unspecified atom stereocenters. The number of nitrogens with zero attached hydrogens (tertiary/aromatic N) is 1. The Morgan fingerprint density at radius 1 is 1.29 bits per heavy atom. The van der Waals surface area contributed by atoms with Gasteiger partial charge in [0.1, 0.15) is 0 Å². The molecule has 1 aliphatic rings. The average Bonchev–Trinajstić information content (AvgIpc) is 2.51. The van der Waals surface area contributed by atoms with Gasteiger partial charge in [-0.2, -0.15) is 0 Å². The number of aryl methyl sites for hydroxylation is 2. The molecule has 1 aromatic carbocycles. The van der Waals surface area contributed by atoms with Gasteiger partial charge in [-0.05, 0) is 49.3 Å². The number of benzene rings is 1. The summed E-state index contributed by atoms with van der Waals surface area (Å²) in [5.74, 6) is 0.704. The molecular weight excluding hydrogens is 260 g/mol. The molecular formula is C18H28N2O. The van der Waals surface area contributed by atoms with E-state index in [0.29, 0.717) is 12.3 Å². The minimum atomic E-state index is 0.0172. The predicted molar refractivity (Wildman–Crippen MR) is 87.0 cm³/mol. The highest BCUT2D eigenvalue weighted by Gasteiger charge is 2.34. The van der Waals surface area contributed by atoms with Gasteiger partial charge >= 0.3 is 0 Å². The first-order valence-corrected chi connectivity index (χ1v) is 8.03. The molecule has 3 nitrogen and oxygen atoms in total. The summed E-state index contributed by atoms with van der Waals surface area (Å²) in [6.45, 7) is 9.35. The number of amides is 1. The van der Waals surface area contributed by atoms with Gasteiger partial charge in [0.25, 0.3) is 0 Å². The molecule has 2 atom stereocenters. The number of likely N-dealkylation sites (tertiary alicyclic amines) is 1. The second-order valence-corrected chi connectivity index (χ2v) is 6.75. The second kappa shape index (κ2) is 6.61. The van der Waals surface area contributed by atoms with Crippen molar-refractivity contribution in [2.75, 3.05) is 6.54 Å². The van der Waals surface area contributed by atoms with Crippen LogP contribution in [0.2, 0.25) is 0 Å². The summed E-state index contributed by atoms with van der Waals surface area (Å²) in [6.07, 6.45) is 2.44. The standard InChI is InChI=1S/C18H28N2O/c1-12(2)11-20-16(21)10-6-9-15(19)18(20)17-13(3)7-5-8-14(17)4/h5,7-8,12,15,18H,6,9-11,19H2,1-4H3. The van der Waals surface area contributed by atoms with Crippen molar-refractivity contribution in [2.24, 2.45) is 11.7 Å². The van der Waals surface area contributed by atoms with Gasteiger partial charge in [0.15, 0.2) is 0 Å². The summed E-state index contributed by atoms with van der Waals surface area (Å²) in [6, 6.07) is 6.36. The van der Waals surface area contributed by atoms with Crippen molar-refractivity contribution in [1.82, 2.24) is 4.90 Å². The van der Waals surface area contributed by atoms with Crippen LogP contribution in [-0.2, 0) is 4.79 Å². The summed E-state index contributed by atoms with van der Waals surface area (Å²) >= 11 is 0. The van der Waals surface area contributed by atoms with E-state index in [1.54, 1.807) is 0 Å². The van der Waals surface area contributed by atoms with Gasteiger partial charge in [0, 0.05) is 19.0 Å². The van der Waals surface area contributed by atoms with Crippen LogP contribution >= 0.6 is 0 Å². The zero-order valence-electron chi connectivity index (χ0n) is 13.7. The maximum atomic E-state index is 12.6. The Balaban J connectivity index is 2.49.